The molecule has 0 aliphatic heterocycles. The average molecular weight is 384 g/mol. The fraction of sp³-hybridized carbons (Fsp3) is 0.364. The number of carbonyl (C=O) groups is 1. The van der Waals surface area contributed by atoms with Crippen LogP contribution in [-0.2, 0) is 11.2 Å². The molecular weight excluding hydrogens is 359 g/mol. The molecule has 0 radical (unpaired) electrons. The van der Waals surface area contributed by atoms with Crippen molar-refractivity contribution < 1.29 is 18.7 Å². The number of aliphatic hydroxyl groups is 1. The zero-order valence-corrected chi connectivity index (χ0v) is 15.8. The van der Waals surface area contributed by atoms with Crippen molar-refractivity contribution in [3.8, 4) is 0 Å². The fourth-order valence-corrected chi connectivity index (χ4v) is 3.15. The van der Waals surface area contributed by atoms with Crippen LogP contribution in [0.3, 0.4) is 0 Å². The summed E-state index contributed by atoms with van der Waals surface area (Å²) in [6, 6.07) is 16.0. The molecular formula is C22H25FN2O3. The van der Waals surface area contributed by atoms with Crippen LogP contribution in [0.1, 0.15) is 43.7 Å². The molecule has 28 heavy (non-hydrogen) atoms. The summed E-state index contributed by atoms with van der Waals surface area (Å²) < 4.78 is 20.0. The zero-order valence-electron chi connectivity index (χ0n) is 15.8. The van der Waals surface area contributed by atoms with Gasteiger partial charge in [0.15, 0.2) is 17.9 Å². The van der Waals surface area contributed by atoms with Crippen molar-refractivity contribution in [3.63, 3.8) is 0 Å². The first-order valence-corrected chi connectivity index (χ1v) is 9.60. The van der Waals surface area contributed by atoms with Gasteiger partial charge in [-0.2, -0.15) is 0 Å². The number of hydrogen-bond acceptors (Lipinski definition) is 4. The Morgan fingerprint density at radius 1 is 1.14 bits per heavy atom. The molecule has 0 bridgehead atoms. The Labute approximate surface area is 163 Å². The molecule has 1 aromatic heterocycles. The first kappa shape index (κ1) is 20.0. The molecule has 2 N–H and O–H groups in total. The molecule has 3 aromatic rings. The maximum absolute atomic E-state index is 14.4. The monoisotopic (exact) mass is 384 g/mol. The average Bonchev–Trinajstić information content (AvgIpc) is 3.16. The molecule has 1 heterocycles. The third-order valence-electron chi connectivity index (χ3n) is 4.69. The molecule has 0 spiro atoms. The van der Waals surface area contributed by atoms with Crippen LogP contribution in [-0.4, -0.2) is 28.2 Å². The zero-order chi connectivity index (χ0) is 19.9. The highest BCUT2D eigenvalue weighted by Gasteiger charge is 2.29. The number of benzene rings is 2. The maximum Gasteiger partial charge on any atom is 0.254 e. The number of aliphatic hydroxyl groups excluding tert-OH is 1. The highest BCUT2D eigenvalue weighted by Crippen LogP contribution is 2.24. The third kappa shape index (κ3) is 4.95. The van der Waals surface area contributed by atoms with Gasteiger partial charge in [0, 0.05) is 0 Å². The van der Waals surface area contributed by atoms with E-state index in [4.69, 9.17) is 4.42 Å². The van der Waals surface area contributed by atoms with Crippen LogP contribution in [0, 0.1) is 0 Å². The number of alkyl halides is 1. The lowest BCUT2D eigenvalue weighted by Gasteiger charge is -2.22. The van der Waals surface area contributed by atoms with Crippen LogP contribution >= 0.6 is 0 Å². The number of para-hydroxylation sites is 2. The van der Waals surface area contributed by atoms with Crippen LogP contribution in [0.2, 0.25) is 0 Å². The molecule has 3 rings (SSSR count). The van der Waals surface area contributed by atoms with E-state index >= 15 is 0 Å². The lowest BCUT2D eigenvalue weighted by molar-refractivity contribution is -0.128. The van der Waals surface area contributed by atoms with Gasteiger partial charge in [0.1, 0.15) is 5.52 Å². The Hall–Kier alpha value is -2.73. The van der Waals surface area contributed by atoms with Gasteiger partial charge in [-0.05, 0) is 37.0 Å². The van der Waals surface area contributed by atoms with Crippen LogP contribution < -0.4 is 5.32 Å². The van der Waals surface area contributed by atoms with Gasteiger partial charge in [0.2, 0.25) is 5.89 Å². The molecule has 1 unspecified atom stereocenters. The van der Waals surface area contributed by atoms with E-state index in [1.165, 1.54) is 0 Å². The van der Waals surface area contributed by atoms with Crippen LogP contribution in [0.15, 0.2) is 59.0 Å². The number of fused-ring (bicyclic) bond motifs is 1. The highest BCUT2D eigenvalue weighted by atomic mass is 19.1. The number of hydrogen-bond donors (Lipinski definition) is 2. The number of rotatable bonds is 9. The van der Waals surface area contributed by atoms with Crippen molar-refractivity contribution >= 4 is 17.0 Å². The number of aryl methyl sites for hydroxylation is 1. The minimum atomic E-state index is -1.64. The molecule has 0 saturated carbocycles. The van der Waals surface area contributed by atoms with Gasteiger partial charge < -0.3 is 14.8 Å². The SMILES string of the molecule is CCC[C@H](NC(=O)[C@@H](F)CCc1ccccc1)C(O)c1nc2ccccc2o1. The standard InChI is InChI=1S/C22H25FN2O3/c1-2-8-18(20(26)22-25-17-11-6-7-12-19(17)28-22)24-21(27)16(23)14-13-15-9-4-3-5-10-15/h3-7,9-12,16,18,20,26H,2,8,13-14H2,1H3,(H,24,27)/t16-,18-,20?/m0/s1. The minimum absolute atomic E-state index is 0.0909. The second kappa shape index (κ2) is 9.46. The van der Waals surface area contributed by atoms with E-state index in [9.17, 15) is 14.3 Å². The summed E-state index contributed by atoms with van der Waals surface area (Å²) in [5, 5.41) is 13.3. The smallest absolute Gasteiger partial charge is 0.254 e. The van der Waals surface area contributed by atoms with Gasteiger partial charge in [-0.15, -0.1) is 0 Å². The minimum Gasteiger partial charge on any atom is -0.438 e. The van der Waals surface area contributed by atoms with E-state index in [2.05, 4.69) is 10.3 Å². The molecule has 148 valence electrons. The van der Waals surface area contributed by atoms with E-state index in [1.54, 1.807) is 12.1 Å². The molecule has 5 nitrogen and oxygen atoms in total. The number of carbonyl (C=O) groups excluding carboxylic acids is 1. The normalized spacial score (nSPS) is 14.5. The third-order valence-corrected chi connectivity index (χ3v) is 4.69. The summed E-state index contributed by atoms with van der Waals surface area (Å²) in [6.07, 6.45) is -1.02. The molecule has 0 saturated heterocycles. The van der Waals surface area contributed by atoms with Gasteiger partial charge in [-0.25, -0.2) is 9.37 Å². The van der Waals surface area contributed by atoms with Gasteiger partial charge in [0.25, 0.3) is 5.91 Å². The molecule has 0 fully saturated rings. The van der Waals surface area contributed by atoms with Gasteiger partial charge >= 0.3 is 0 Å². The van der Waals surface area contributed by atoms with Crippen LogP contribution in [0.25, 0.3) is 11.1 Å². The van der Waals surface area contributed by atoms with Gasteiger partial charge in [-0.3, -0.25) is 4.79 Å². The Balaban J connectivity index is 1.63. The van der Waals surface area contributed by atoms with Crippen LogP contribution in [0.5, 0.6) is 0 Å². The fourth-order valence-electron chi connectivity index (χ4n) is 3.15. The Morgan fingerprint density at radius 2 is 1.86 bits per heavy atom. The number of nitrogens with zero attached hydrogens (tertiary/aromatic N) is 1. The molecule has 3 atom stereocenters. The lowest BCUT2D eigenvalue weighted by Crippen LogP contribution is -2.43. The van der Waals surface area contributed by atoms with Gasteiger partial charge in [-0.1, -0.05) is 55.8 Å². The number of halogens is 1. The molecule has 0 aliphatic carbocycles. The summed E-state index contributed by atoms with van der Waals surface area (Å²) in [7, 11) is 0. The van der Waals surface area contributed by atoms with E-state index in [1.807, 2.05) is 49.4 Å². The molecule has 6 heteroatoms. The highest BCUT2D eigenvalue weighted by molar-refractivity contribution is 5.81. The number of amides is 1. The summed E-state index contributed by atoms with van der Waals surface area (Å²) in [5.74, 6) is -0.593. The van der Waals surface area contributed by atoms with E-state index in [0.29, 0.717) is 30.4 Å². The first-order chi connectivity index (χ1) is 13.6. The predicted octanol–water partition coefficient (Wildman–Crippen LogP) is 4.12. The Kier molecular flexibility index (Phi) is 6.76. The van der Waals surface area contributed by atoms with Crippen molar-refractivity contribution in [2.24, 2.45) is 0 Å². The Morgan fingerprint density at radius 3 is 2.57 bits per heavy atom. The van der Waals surface area contributed by atoms with Crippen LogP contribution in [0.4, 0.5) is 4.39 Å². The van der Waals surface area contributed by atoms with Crippen molar-refractivity contribution in [3.05, 3.63) is 66.1 Å². The van der Waals surface area contributed by atoms with E-state index < -0.39 is 24.2 Å². The second-order valence-electron chi connectivity index (χ2n) is 6.86. The molecule has 2 aromatic carbocycles. The van der Waals surface area contributed by atoms with Gasteiger partial charge in [0.05, 0.1) is 6.04 Å². The van der Waals surface area contributed by atoms with E-state index in [0.717, 1.165) is 5.56 Å². The first-order valence-electron chi connectivity index (χ1n) is 9.60. The second-order valence-corrected chi connectivity index (χ2v) is 6.86. The lowest BCUT2D eigenvalue weighted by atomic mass is 10.0. The summed E-state index contributed by atoms with van der Waals surface area (Å²) in [4.78, 5) is 16.6. The number of oxazole rings is 1. The molecule has 1 amide bonds. The quantitative estimate of drug-likeness (QED) is 0.582. The summed E-state index contributed by atoms with van der Waals surface area (Å²) in [5.41, 5.74) is 2.17. The number of nitrogens with one attached hydrogen (secondary N) is 1. The topological polar surface area (TPSA) is 75.4 Å². The summed E-state index contributed by atoms with van der Waals surface area (Å²) >= 11 is 0. The predicted molar refractivity (Wildman–Crippen MR) is 105 cm³/mol. The maximum atomic E-state index is 14.4. The van der Waals surface area contributed by atoms with E-state index in [-0.39, 0.29) is 12.3 Å². The van der Waals surface area contributed by atoms with Crippen molar-refractivity contribution in [1.29, 1.82) is 0 Å². The summed E-state index contributed by atoms with van der Waals surface area (Å²) in [6.45, 7) is 1.93. The molecule has 0 aliphatic rings. The largest absolute Gasteiger partial charge is 0.438 e. The van der Waals surface area contributed by atoms with Crippen molar-refractivity contribution in [2.45, 2.75) is 50.9 Å². The number of aromatic nitrogens is 1. The Bertz CT molecular complexity index is 864. The van der Waals surface area contributed by atoms with Crippen molar-refractivity contribution in [1.82, 2.24) is 10.3 Å². The van der Waals surface area contributed by atoms with Crippen molar-refractivity contribution in [2.75, 3.05) is 0 Å².